The van der Waals surface area contributed by atoms with Gasteiger partial charge in [0.1, 0.15) is 6.61 Å². The predicted octanol–water partition coefficient (Wildman–Crippen LogP) is 5.60. The molecule has 0 radical (unpaired) electrons. The molecule has 1 unspecified atom stereocenters. The highest BCUT2D eigenvalue weighted by Gasteiger charge is 2.66. The van der Waals surface area contributed by atoms with E-state index < -0.39 is 35.2 Å². The first kappa shape index (κ1) is 32.8. The Balaban J connectivity index is 1.21. The smallest absolute Gasteiger partial charge is 0.384 e. The molecule has 3 aromatic carbocycles. The maximum Gasteiger partial charge on any atom is 0.384 e. The molecule has 8 nitrogen and oxygen atoms in total. The minimum absolute atomic E-state index is 0.105. The number of esters is 1. The molecule has 1 aliphatic heterocycles. The number of ether oxygens (including phenoxy) is 1. The first-order chi connectivity index (χ1) is 25.5. The van der Waals surface area contributed by atoms with Gasteiger partial charge >= 0.3 is 5.97 Å². The molecule has 2 aromatic heterocycles. The van der Waals surface area contributed by atoms with E-state index in [9.17, 15) is 19.5 Å². The van der Waals surface area contributed by atoms with Crippen molar-refractivity contribution in [3.63, 3.8) is 0 Å². The number of imide groups is 1. The third kappa shape index (κ3) is 5.62. The quantitative estimate of drug-likeness (QED) is 0.0983. The molecule has 1 N–H and O–H groups in total. The van der Waals surface area contributed by atoms with Crippen LogP contribution in [-0.2, 0) is 24.7 Å². The summed E-state index contributed by atoms with van der Waals surface area (Å²) in [6.45, 7) is -0.297. The molecule has 2 aliphatic carbocycles. The van der Waals surface area contributed by atoms with E-state index in [1.165, 1.54) is 4.90 Å². The fraction of sp³-hybridized carbons (Fsp3) is 0.159. The zero-order chi connectivity index (χ0) is 35.7. The molecule has 5 atom stereocenters. The van der Waals surface area contributed by atoms with E-state index in [4.69, 9.17) is 9.72 Å². The molecule has 1 saturated carbocycles. The lowest BCUT2D eigenvalue weighted by Gasteiger charge is -2.36. The highest BCUT2D eigenvalue weighted by atomic mass is 16.5. The van der Waals surface area contributed by atoms with Crippen molar-refractivity contribution in [1.29, 1.82) is 0 Å². The molecule has 0 spiro atoms. The Morgan fingerprint density at radius 2 is 1.40 bits per heavy atom. The standard InChI is InChI=1S/C44H33N3O5/c48-36(23-22-29-14-4-1-5-15-29)52-27-26-47-42(49)39-32-28-33(44(51,31-18-8-3-9-19-31)35-21-11-13-25-46-35)40(41(39)43(47)50)38(32)37(30-16-6-2-7-17-30)34-20-10-12-24-45-34/h1-21,24-25,28,32,39-41,51H,26-27H2/t32-,39-,40+,41-,44?/m0/s1. The summed E-state index contributed by atoms with van der Waals surface area (Å²) in [6.07, 6.45) is 5.34. The molecule has 2 bridgehead atoms. The van der Waals surface area contributed by atoms with Crippen LogP contribution in [0.5, 0.6) is 0 Å². The molecule has 8 heteroatoms. The van der Waals surface area contributed by atoms with E-state index in [0.29, 0.717) is 28.1 Å². The largest absolute Gasteiger partial charge is 0.454 e. The van der Waals surface area contributed by atoms with Crippen LogP contribution >= 0.6 is 0 Å². The lowest BCUT2D eigenvalue weighted by molar-refractivity contribution is -0.145. The minimum Gasteiger partial charge on any atom is -0.454 e. The normalized spacial score (nSPS) is 22.2. The second kappa shape index (κ2) is 13.7. The van der Waals surface area contributed by atoms with E-state index in [1.807, 2.05) is 109 Å². The number of hydrogen-bond donors (Lipinski definition) is 1. The number of carbonyl (C=O) groups excluding carboxylic acids is 3. The second-order valence-corrected chi connectivity index (χ2v) is 13.0. The molecular weight excluding hydrogens is 651 g/mol. The van der Waals surface area contributed by atoms with Crippen LogP contribution in [0.3, 0.4) is 0 Å². The van der Waals surface area contributed by atoms with Gasteiger partial charge in [-0.3, -0.25) is 24.5 Å². The molecule has 2 fully saturated rings. The van der Waals surface area contributed by atoms with E-state index >= 15 is 0 Å². The van der Waals surface area contributed by atoms with Gasteiger partial charge in [-0.15, -0.1) is 0 Å². The Bertz CT molecular complexity index is 2180. The van der Waals surface area contributed by atoms with Crippen LogP contribution in [0.25, 0.3) is 5.57 Å². The first-order valence-corrected chi connectivity index (χ1v) is 17.2. The van der Waals surface area contributed by atoms with Gasteiger partial charge in [0.15, 0.2) is 5.60 Å². The number of likely N-dealkylation sites (tertiary alicyclic amines) is 1. The SMILES string of the molecule is O=C(C#Cc1ccccc1)OCCN1C(=O)[C@@H]2[C@@H]3C(C(O)(c4ccccc4)c4ccccn4)=C[C@@H](C3=C(c3ccccc3)c3ccccn3)[C@@H]2C1=O. The molecular formula is C44H33N3O5. The Morgan fingerprint density at radius 3 is 2.08 bits per heavy atom. The summed E-state index contributed by atoms with van der Waals surface area (Å²) in [4.78, 5) is 51.8. The monoisotopic (exact) mass is 683 g/mol. The number of fused-ring (bicyclic) bond motifs is 5. The fourth-order valence-electron chi connectivity index (χ4n) is 8.04. The van der Waals surface area contributed by atoms with E-state index in [2.05, 4.69) is 16.8 Å². The van der Waals surface area contributed by atoms with E-state index in [0.717, 1.165) is 16.7 Å². The Morgan fingerprint density at radius 1 is 0.769 bits per heavy atom. The average molecular weight is 684 g/mol. The first-order valence-electron chi connectivity index (χ1n) is 17.2. The fourth-order valence-corrected chi connectivity index (χ4v) is 8.04. The minimum atomic E-state index is -1.71. The Kier molecular flexibility index (Phi) is 8.63. The zero-order valence-electron chi connectivity index (χ0n) is 28.0. The molecule has 1 saturated heterocycles. The van der Waals surface area contributed by atoms with Crippen molar-refractivity contribution < 1.29 is 24.2 Å². The Labute approximate surface area is 301 Å². The number of nitrogens with zero attached hydrogens (tertiary/aromatic N) is 3. The molecule has 5 aromatic rings. The maximum atomic E-state index is 14.5. The number of carbonyl (C=O) groups is 3. The lowest BCUT2D eigenvalue weighted by atomic mass is 9.71. The summed E-state index contributed by atoms with van der Waals surface area (Å²) in [6, 6.07) is 39.3. The number of hydrogen-bond acceptors (Lipinski definition) is 7. The third-order valence-electron chi connectivity index (χ3n) is 10.2. The van der Waals surface area contributed by atoms with Crippen LogP contribution in [0.4, 0.5) is 0 Å². The van der Waals surface area contributed by atoms with Crippen molar-refractivity contribution in [2.75, 3.05) is 13.2 Å². The van der Waals surface area contributed by atoms with Crippen molar-refractivity contribution in [3.8, 4) is 11.8 Å². The summed E-state index contributed by atoms with van der Waals surface area (Å²) in [7, 11) is 0. The molecule has 52 heavy (non-hydrogen) atoms. The van der Waals surface area contributed by atoms with Gasteiger partial charge in [0, 0.05) is 41.3 Å². The number of benzene rings is 3. The summed E-state index contributed by atoms with van der Waals surface area (Å²) in [5.41, 5.74) is 3.84. The van der Waals surface area contributed by atoms with E-state index in [1.54, 1.807) is 36.7 Å². The second-order valence-electron chi connectivity index (χ2n) is 13.0. The van der Waals surface area contributed by atoms with Crippen LogP contribution in [0.2, 0.25) is 0 Å². The topological polar surface area (TPSA) is 110 Å². The average Bonchev–Trinajstić information content (AvgIpc) is 3.82. The number of aromatic nitrogens is 2. The lowest BCUT2D eigenvalue weighted by Crippen LogP contribution is -2.39. The molecule has 8 rings (SSSR count). The molecule has 254 valence electrons. The van der Waals surface area contributed by atoms with Gasteiger partial charge in [-0.05, 0) is 58.7 Å². The summed E-state index contributed by atoms with van der Waals surface area (Å²) >= 11 is 0. The highest BCUT2D eigenvalue weighted by Crippen LogP contribution is 2.64. The number of rotatable bonds is 8. The van der Waals surface area contributed by atoms with Crippen LogP contribution < -0.4 is 0 Å². The Hall–Kier alpha value is -6.43. The van der Waals surface area contributed by atoms with Crippen molar-refractivity contribution in [2.24, 2.45) is 23.7 Å². The van der Waals surface area contributed by atoms with Crippen LogP contribution in [0.15, 0.2) is 157 Å². The summed E-state index contributed by atoms with van der Waals surface area (Å²) in [5.74, 6) is 1.06. The van der Waals surface area contributed by atoms with Crippen LogP contribution in [-0.4, -0.2) is 50.9 Å². The van der Waals surface area contributed by atoms with Crippen LogP contribution in [0, 0.1) is 35.5 Å². The summed E-state index contributed by atoms with van der Waals surface area (Å²) < 4.78 is 5.34. The van der Waals surface area contributed by atoms with Crippen molar-refractivity contribution in [1.82, 2.24) is 14.9 Å². The number of amides is 2. The number of pyridine rings is 2. The molecule has 2 amide bonds. The highest BCUT2D eigenvalue weighted by molar-refractivity contribution is 6.08. The number of aliphatic hydroxyl groups is 1. The van der Waals surface area contributed by atoms with Gasteiger partial charge in [0.2, 0.25) is 11.8 Å². The van der Waals surface area contributed by atoms with Gasteiger partial charge in [0.25, 0.3) is 0 Å². The van der Waals surface area contributed by atoms with Gasteiger partial charge in [-0.1, -0.05) is 103 Å². The van der Waals surface area contributed by atoms with E-state index in [-0.39, 0.29) is 25.0 Å². The maximum absolute atomic E-state index is 14.5. The molecule has 3 heterocycles. The number of allylic oxidation sites excluding steroid dienone is 2. The van der Waals surface area contributed by atoms with Gasteiger partial charge in [-0.2, -0.15) is 0 Å². The molecule has 3 aliphatic rings. The van der Waals surface area contributed by atoms with Crippen molar-refractivity contribution in [2.45, 2.75) is 5.60 Å². The predicted molar refractivity (Wildman–Crippen MR) is 193 cm³/mol. The van der Waals surface area contributed by atoms with Crippen LogP contribution in [0.1, 0.15) is 28.1 Å². The third-order valence-corrected chi connectivity index (χ3v) is 10.2. The van der Waals surface area contributed by atoms with Gasteiger partial charge in [0.05, 0.1) is 29.8 Å². The summed E-state index contributed by atoms with van der Waals surface area (Å²) in [5, 5.41) is 13.0. The zero-order valence-corrected chi connectivity index (χ0v) is 28.0. The van der Waals surface area contributed by atoms with Gasteiger partial charge < -0.3 is 9.84 Å². The van der Waals surface area contributed by atoms with Crippen molar-refractivity contribution in [3.05, 3.63) is 185 Å². The van der Waals surface area contributed by atoms with Gasteiger partial charge in [-0.25, -0.2) is 4.79 Å². The van der Waals surface area contributed by atoms with Crippen molar-refractivity contribution >= 4 is 23.4 Å².